The number of amides is 1. The van der Waals surface area contributed by atoms with E-state index in [4.69, 9.17) is 49.0 Å². The molecule has 3 aromatic carbocycles. The summed E-state index contributed by atoms with van der Waals surface area (Å²) in [5.74, 6) is -0.687. The van der Waals surface area contributed by atoms with E-state index in [1.807, 2.05) is 6.07 Å². The molecule has 2 atom stereocenters. The molecule has 0 aliphatic carbocycles. The van der Waals surface area contributed by atoms with E-state index in [0.29, 0.717) is 55.7 Å². The number of piperidine rings is 3. The number of rotatable bonds is 11. The normalized spacial score (nSPS) is 18.7. The van der Waals surface area contributed by atoms with Crippen LogP contribution >= 0.6 is 34.8 Å². The van der Waals surface area contributed by atoms with E-state index in [2.05, 4.69) is 4.90 Å². The van der Waals surface area contributed by atoms with E-state index in [9.17, 15) is 19.9 Å². The number of benzene rings is 3. The van der Waals surface area contributed by atoms with E-state index < -0.39 is 18.0 Å². The van der Waals surface area contributed by atoms with E-state index in [-0.39, 0.29) is 40.6 Å². The van der Waals surface area contributed by atoms with E-state index in [0.717, 1.165) is 25.9 Å². The van der Waals surface area contributed by atoms with Crippen molar-refractivity contribution in [1.82, 2.24) is 4.90 Å². The number of aromatic nitrogens is 1. The molecule has 4 aromatic rings. The molecule has 3 saturated heterocycles. The number of ether oxygens (including phenoxy) is 3. The fourth-order valence-electron chi connectivity index (χ4n) is 7.05. The number of nitrogens with zero attached hydrogens (tertiary/aromatic N) is 3. The van der Waals surface area contributed by atoms with Crippen LogP contribution in [0.25, 0.3) is 0 Å². The van der Waals surface area contributed by atoms with Crippen LogP contribution < -0.4 is 19.1 Å². The Morgan fingerprint density at radius 1 is 0.980 bits per heavy atom. The topological polar surface area (TPSA) is 115 Å². The largest absolute Gasteiger partial charge is 0.619 e. The number of pyridine rings is 1. The smallest absolute Gasteiger partial charge is 0.414 e. The van der Waals surface area contributed by atoms with Gasteiger partial charge in [0.15, 0.2) is 23.9 Å². The second-order valence-electron chi connectivity index (χ2n) is 12.5. The van der Waals surface area contributed by atoms with Crippen molar-refractivity contribution in [2.24, 2.45) is 5.92 Å². The number of anilines is 1. The summed E-state index contributed by atoms with van der Waals surface area (Å²) in [6.07, 6.45) is 3.60. The zero-order valence-electron chi connectivity index (χ0n) is 27.5. The lowest BCUT2D eigenvalue weighted by molar-refractivity contribution is -0.605. The average molecular weight is 741 g/mol. The lowest BCUT2D eigenvalue weighted by atomic mass is 9.80. The summed E-state index contributed by atoms with van der Waals surface area (Å²) in [5, 5.41) is 23.4. The fraction of sp³-hybridized carbons (Fsp3) is 0.324. The molecular formula is C37H36Cl3N3O7. The predicted octanol–water partition coefficient (Wildman–Crippen LogP) is 7.61. The maximum absolute atomic E-state index is 14.2. The minimum absolute atomic E-state index is 0.0150. The van der Waals surface area contributed by atoms with E-state index >= 15 is 0 Å². The maximum Gasteiger partial charge on any atom is 0.414 e. The average Bonchev–Trinajstić information content (AvgIpc) is 3.10. The van der Waals surface area contributed by atoms with E-state index in [1.54, 1.807) is 48.5 Å². The van der Waals surface area contributed by atoms with Crippen LogP contribution in [0.15, 0.2) is 73.1 Å². The van der Waals surface area contributed by atoms with Gasteiger partial charge >= 0.3 is 12.1 Å². The Balaban J connectivity index is 1.49. The molecule has 3 aliphatic heterocycles. The van der Waals surface area contributed by atoms with Crippen molar-refractivity contribution in [3.8, 4) is 11.5 Å². The Bertz CT molecular complexity index is 1880. The highest BCUT2D eigenvalue weighted by Gasteiger charge is 2.38. The number of carboxylic acids is 1. The number of carboxylic acid groups (broad SMARTS) is 1. The molecule has 10 nitrogen and oxygen atoms in total. The molecule has 7 rings (SSSR count). The Kier molecular flexibility index (Phi) is 10.9. The van der Waals surface area contributed by atoms with Crippen LogP contribution in [0.1, 0.15) is 51.4 Å². The van der Waals surface area contributed by atoms with Crippen LogP contribution in [-0.2, 0) is 17.7 Å². The van der Waals surface area contributed by atoms with Gasteiger partial charge in [-0.1, -0.05) is 59.1 Å². The molecule has 4 heterocycles. The van der Waals surface area contributed by atoms with Crippen LogP contribution in [0.2, 0.25) is 15.1 Å². The predicted molar refractivity (Wildman–Crippen MR) is 191 cm³/mol. The SMILES string of the molecule is COc1ccc([C@H](Cc2c(Cl)c[n+]([O-])cc2Cl)c2c(CN(C(=O)O[C@H]3CN4CCC3CC4)c3cccc(Cl)c3)cccc2C(=O)O)cc1OC. The summed E-state index contributed by atoms with van der Waals surface area (Å²) in [6.45, 7) is 2.61. The highest BCUT2D eigenvalue weighted by molar-refractivity contribution is 6.35. The van der Waals surface area contributed by atoms with Crippen LogP contribution in [0.5, 0.6) is 11.5 Å². The summed E-state index contributed by atoms with van der Waals surface area (Å²) >= 11 is 19.6. The standard InChI is InChI=1S/C37H36Cl3N3O7/c1-48-32-10-9-23(15-33(32)49-2)28(17-29-30(39)19-42(47)20-31(29)40)35-24(5-3-8-27(35)36(44)45)18-43(26-7-4-6-25(38)16-26)37(46)50-34-21-41-13-11-22(34)12-14-41/h3-10,15-16,19-20,22,28,34H,11-14,17-18,21H2,1-2H3,(H,44,45)/t28-,34-/m0/s1. The molecule has 3 aliphatic rings. The van der Waals surface area contributed by atoms with Crippen molar-refractivity contribution in [2.45, 2.75) is 37.8 Å². The fourth-order valence-corrected chi connectivity index (χ4v) is 7.83. The lowest BCUT2D eigenvalue weighted by Gasteiger charge is -2.44. The Hall–Kier alpha value is -4.22. The molecule has 1 N–H and O–H groups in total. The molecule has 2 bridgehead atoms. The minimum atomic E-state index is -1.17. The molecule has 1 aromatic heterocycles. The van der Waals surface area contributed by atoms with Gasteiger partial charge in [-0.25, -0.2) is 9.59 Å². The highest BCUT2D eigenvalue weighted by atomic mass is 35.5. The maximum atomic E-state index is 14.2. The first-order valence-corrected chi connectivity index (χ1v) is 17.3. The van der Waals surface area contributed by atoms with Crippen molar-refractivity contribution in [3.63, 3.8) is 0 Å². The van der Waals surface area contributed by atoms with Gasteiger partial charge in [0.25, 0.3) is 0 Å². The second-order valence-corrected chi connectivity index (χ2v) is 13.7. The second kappa shape index (κ2) is 15.3. The number of methoxy groups -OCH3 is 2. The van der Waals surface area contributed by atoms with Crippen molar-refractivity contribution in [2.75, 3.05) is 38.8 Å². The van der Waals surface area contributed by atoms with Gasteiger partial charge in [0.05, 0.1) is 26.3 Å². The third-order valence-electron chi connectivity index (χ3n) is 9.57. The van der Waals surface area contributed by atoms with Crippen LogP contribution in [-0.4, -0.2) is 62.0 Å². The molecule has 13 heteroatoms. The summed E-state index contributed by atoms with van der Waals surface area (Å²) in [5.41, 5.74) is 2.57. The summed E-state index contributed by atoms with van der Waals surface area (Å²) in [7, 11) is 3.03. The molecule has 0 radical (unpaired) electrons. The zero-order valence-corrected chi connectivity index (χ0v) is 29.8. The first-order chi connectivity index (χ1) is 24.1. The molecule has 3 fully saturated rings. The molecular weight excluding hydrogens is 705 g/mol. The number of carbonyl (C=O) groups excluding carboxylic acids is 1. The van der Waals surface area contributed by atoms with Crippen LogP contribution in [0.3, 0.4) is 0 Å². The van der Waals surface area contributed by atoms with Gasteiger partial charge in [-0.3, -0.25) is 9.80 Å². The number of halogens is 3. The monoisotopic (exact) mass is 739 g/mol. The number of hydrogen-bond donors (Lipinski definition) is 1. The van der Waals surface area contributed by atoms with Gasteiger partial charge < -0.3 is 24.5 Å². The van der Waals surface area contributed by atoms with Gasteiger partial charge in [-0.2, -0.15) is 4.73 Å². The van der Waals surface area contributed by atoms with Gasteiger partial charge in [0.1, 0.15) is 16.1 Å². The number of hydrogen-bond acceptors (Lipinski definition) is 7. The Morgan fingerprint density at radius 2 is 1.68 bits per heavy atom. The third-order valence-corrected chi connectivity index (χ3v) is 10.5. The van der Waals surface area contributed by atoms with Gasteiger partial charge in [-0.05, 0) is 91.4 Å². The Labute approximate surface area is 305 Å². The Morgan fingerprint density at radius 3 is 2.30 bits per heavy atom. The van der Waals surface area contributed by atoms with Crippen LogP contribution in [0, 0.1) is 11.1 Å². The zero-order chi connectivity index (χ0) is 35.5. The highest BCUT2D eigenvalue weighted by Crippen LogP contribution is 2.41. The number of aromatic carboxylic acids is 1. The van der Waals surface area contributed by atoms with Crippen molar-refractivity contribution >= 4 is 52.6 Å². The summed E-state index contributed by atoms with van der Waals surface area (Å²) in [4.78, 5) is 30.9. The third kappa shape index (κ3) is 7.58. The van der Waals surface area contributed by atoms with Crippen LogP contribution in [0.4, 0.5) is 10.5 Å². The first-order valence-electron chi connectivity index (χ1n) is 16.2. The molecule has 1 amide bonds. The minimum Gasteiger partial charge on any atom is -0.619 e. The summed E-state index contributed by atoms with van der Waals surface area (Å²) < 4.78 is 17.8. The number of carbonyl (C=O) groups is 2. The van der Waals surface area contributed by atoms with Gasteiger partial charge in [0, 0.05) is 28.7 Å². The van der Waals surface area contributed by atoms with E-state index in [1.165, 1.54) is 37.6 Å². The lowest BCUT2D eigenvalue weighted by Crippen LogP contribution is -2.53. The quantitative estimate of drug-likeness (QED) is 0.124. The van der Waals surface area contributed by atoms with Crippen molar-refractivity contribution in [1.29, 1.82) is 0 Å². The molecule has 0 saturated carbocycles. The first kappa shape index (κ1) is 35.6. The molecule has 50 heavy (non-hydrogen) atoms. The van der Waals surface area contributed by atoms with Gasteiger partial charge in [-0.15, -0.1) is 0 Å². The number of fused-ring (bicyclic) bond motifs is 3. The molecule has 262 valence electrons. The molecule has 0 unspecified atom stereocenters. The van der Waals surface area contributed by atoms with Gasteiger partial charge in [0.2, 0.25) is 0 Å². The summed E-state index contributed by atoms with van der Waals surface area (Å²) in [6, 6.07) is 17.1. The van der Waals surface area contributed by atoms with Crippen molar-refractivity contribution < 1.29 is 33.6 Å². The molecule has 0 spiro atoms. The van der Waals surface area contributed by atoms with Crippen molar-refractivity contribution in [3.05, 3.63) is 121 Å².